The maximum Gasteiger partial charge on any atom is 0.339 e. The van der Waals surface area contributed by atoms with Gasteiger partial charge in [0.2, 0.25) is 0 Å². The molecule has 0 saturated heterocycles. The van der Waals surface area contributed by atoms with Crippen LogP contribution >= 0.6 is 11.6 Å². The van der Waals surface area contributed by atoms with Crippen LogP contribution in [0.5, 0.6) is 0 Å². The Kier molecular flexibility index (Phi) is 7.90. The first kappa shape index (κ1) is 27.3. The van der Waals surface area contributed by atoms with E-state index >= 15 is 0 Å². The summed E-state index contributed by atoms with van der Waals surface area (Å²) in [6, 6.07) is 7.22. The smallest absolute Gasteiger partial charge is 0.339 e. The van der Waals surface area contributed by atoms with Crippen LogP contribution in [0.4, 0.5) is 0 Å². The van der Waals surface area contributed by atoms with Crippen molar-refractivity contribution in [1.82, 2.24) is 0 Å². The highest BCUT2D eigenvalue weighted by Gasteiger charge is 2.59. The zero-order valence-electron chi connectivity index (χ0n) is 23.9. The third-order valence-electron chi connectivity index (χ3n) is 11.6. The van der Waals surface area contributed by atoms with Gasteiger partial charge in [0.25, 0.3) is 0 Å². The summed E-state index contributed by atoms with van der Waals surface area (Å²) in [4.78, 5) is 12.8. The number of ether oxygens (including phenoxy) is 1. The quantitative estimate of drug-likeness (QED) is 0.262. The minimum Gasteiger partial charge on any atom is -0.458 e. The fourth-order valence-corrected chi connectivity index (χ4v) is 9.81. The lowest BCUT2D eigenvalue weighted by Gasteiger charge is -2.58. The molecule has 0 spiro atoms. The number of benzene rings is 1. The lowest BCUT2D eigenvalue weighted by atomic mass is 9.47. The normalized spacial score (nSPS) is 37.8. The van der Waals surface area contributed by atoms with Gasteiger partial charge in [-0.15, -0.1) is 0 Å². The second-order valence-corrected chi connectivity index (χ2v) is 14.4. The van der Waals surface area contributed by atoms with Crippen molar-refractivity contribution >= 4 is 17.6 Å². The van der Waals surface area contributed by atoms with E-state index in [-0.39, 0.29) is 17.5 Å². The molecule has 204 valence electrons. The molecule has 3 fully saturated rings. The maximum absolute atomic E-state index is 12.8. The maximum atomic E-state index is 12.8. The Hall–Kier alpha value is -1.28. The van der Waals surface area contributed by atoms with E-state index < -0.39 is 0 Å². The summed E-state index contributed by atoms with van der Waals surface area (Å²) in [5.41, 5.74) is 2.86. The van der Waals surface area contributed by atoms with Gasteiger partial charge in [0.05, 0.1) is 10.6 Å². The van der Waals surface area contributed by atoms with E-state index in [1.54, 1.807) is 17.7 Å². The monoisotopic (exact) mass is 524 g/mol. The van der Waals surface area contributed by atoms with Gasteiger partial charge in [-0.2, -0.15) is 0 Å². The van der Waals surface area contributed by atoms with Crippen molar-refractivity contribution in [3.63, 3.8) is 0 Å². The third-order valence-corrected chi connectivity index (χ3v) is 12.0. The van der Waals surface area contributed by atoms with Crippen molar-refractivity contribution in [2.45, 2.75) is 111 Å². The number of carbonyl (C=O) groups excluding carboxylic acids is 1. The highest BCUT2D eigenvalue weighted by molar-refractivity contribution is 6.33. The number of fused-ring (bicyclic) bond motifs is 5. The Morgan fingerprint density at radius 1 is 1.03 bits per heavy atom. The first-order chi connectivity index (χ1) is 17.6. The van der Waals surface area contributed by atoms with Crippen LogP contribution in [0.3, 0.4) is 0 Å². The average molecular weight is 525 g/mol. The van der Waals surface area contributed by atoms with E-state index in [1.165, 1.54) is 51.4 Å². The molecule has 0 bridgehead atoms. The van der Waals surface area contributed by atoms with Crippen molar-refractivity contribution in [3.05, 3.63) is 46.5 Å². The number of hydrogen-bond donors (Lipinski definition) is 0. The fourth-order valence-electron chi connectivity index (χ4n) is 9.59. The number of allylic oxidation sites excluding steroid dienone is 1. The molecule has 1 aromatic carbocycles. The lowest BCUT2D eigenvalue weighted by Crippen LogP contribution is -2.51. The molecule has 4 aliphatic carbocycles. The Balaban J connectivity index is 1.26. The van der Waals surface area contributed by atoms with Gasteiger partial charge in [-0.1, -0.05) is 89.3 Å². The minimum absolute atomic E-state index is 0.0314. The van der Waals surface area contributed by atoms with E-state index in [4.69, 9.17) is 16.3 Å². The summed E-state index contributed by atoms with van der Waals surface area (Å²) < 4.78 is 6.00. The second kappa shape index (κ2) is 10.7. The third kappa shape index (κ3) is 5.06. The summed E-state index contributed by atoms with van der Waals surface area (Å²) in [5, 5.41) is 0.474. The van der Waals surface area contributed by atoms with Gasteiger partial charge in [0.1, 0.15) is 6.10 Å². The van der Waals surface area contributed by atoms with E-state index in [0.29, 0.717) is 16.0 Å². The van der Waals surface area contributed by atoms with Gasteiger partial charge in [0, 0.05) is 6.42 Å². The molecule has 0 aliphatic heterocycles. The van der Waals surface area contributed by atoms with Crippen LogP contribution in [0, 0.1) is 46.3 Å². The van der Waals surface area contributed by atoms with Gasteiger partial charge < -0.3 is 4.74 Å². The second-order valence-electron chi connectivity index (χ2n) is 14.0. The first-order valence-electron chi connectivity index (χ1n) is 15.3. The summed E-state index contributed by atoms with van der Waals surface area (Å²) in [6.45, 7) is 12.5. The molecule has 1 aromatic rings. The van der Waals surface area contributed by atoms with Crippen LogP contribution in [0.25, 0.3) is 0 Å². The lowest BCUT2D eigenvalue weighted by molar-refractivity contribution is -0.0594. The van der Waals surface area contributed by atoms with Gasteiger partial charge in [-0.05, 0) is 103 Å². The predicted octanol–water partition coefficient (Wildman–Crippen LogP) is 9.91. The number of hydrogen-bond acceptors (Lipinski definition) is 2. The number of halogens is 1. The topological polar surface area (TPSA) is 26.3 Å². The fraction of sp³-hybridized carbons (Fsp3) is 0.735. The summed E-state index contributed by atoms with van der Waals surface area (Å²) in [5.74, 6) is 4.83. The first-order valence-corrected chi connectivity index (χ1v) is 15.7. The van der Waals surface area contributed by atoms with Gasteiger partial charge in [-0.25, -0.2) is 4.79 Å². The Morgan fingerprint density at radius 2 is 1.81 bits per heavy atom. The molecule has 37 heavy (non-hydrogen) atoms. The molecule has 0 N–H and O–H groups in total. The zero-order chi connectivity index (χ0) is 26.4. The highest BCUT2D eigenvalue weighted by Crippen LogP contribution is 2.67. The summed E-state index contributed by atoms with van der Waals surface area (Å²) in [6.07, 6.45) is 16.6. The molecule has 0 unspecified atom stereocenters. The molecule has 8 atom stereocenters. The van der Waals surface area contributed by atoms with Gasteiger partial charge >= 0.3 is 5.97 Å². The molecule has 2 nitrogen and oxygen atoms in total. The van der Waals surface area contributed by atoms with Crippen LogP contribution < -0.4 is 0 Å². The van der Waals surface area contributed by atoms with Crippen LogP contribution in [-0.2, 0) is 4.74 Å². The van der Waals surface area contributed by atoms with Crippen LogP contribution in [0.2, 0.25) is 5.02 Å². The number of esters is 1. The molecule has 3 heteroatoms. The average Bonchev–Trinajstić information content (AvgIpc) is 3.21. The molecular formula is C34H49ClO2. The van der Waals surface area contributed by atoms with Crippen molar-refractivity contribution < 1.29 is 9.53 Å². The van der Waals surface area contributed by atoms with Crippen molar-refractivity contribution in [2.24, 2.45) is 46.3 Å². The van der Waals surface area contributed by atoms with E-state index in [2.05, 4.69) is 40.7 Å². The Labute approximate surface area is 231 Å². The van der Waals surface area contributed by atoms with Gasteiger partial charge in [0.15, 0.2) is 0 Å². The minimum atomic E-state index is -0.276. The Bertz CT molecular complexity index is 1010. The molecule has 3 saturated carbocycles. The van der Waals surface area contributed by atoms with Crippen LogP contribution in [-0.4, -0.2) is 12.1 Å². The molecule has 4 aliphatic rings. The van der Waals surface area contributed by atoms with Crippen LogP contribution in [0.1, 0.15) is 116 Å². The molecule has 0 heterocycles. The largest absolute Gasteiger partial charge is 0.458 e. The molecule has 5 rings (SSSR count). The predicted molar refractivity (Wildman–Crippen MR) is 154 cm³/mol. The van der Waals surface area contributed by atoms with E-state index in [0.717, 1.165) is 54.8 Å². The number of carbonyl (C=O) groups is 1. The summed E-state index contributed by atoms with van der Waals surface area (Å²) >= 11 is 6.26. The zero-order valence-corrected chi connectivity index (χ0v) is 24.7. The van der Waals surface area contributed by atoms with Crippen molar-refractivity contribution in [1.29, 1.82) is 0 Å². The van der Waals surface area contributed by atoms with E-state index in [9.17, 15) is 4.79 Å². The van der Waals surface area contributed by atoms with Gasteiger partial charge in [-0.3, -0.25) is 0 Å². The molecule has 0 amide bonds. The van der Waals surface area contributed by atoms with Crippen LogP contribution in [0.15, 0.2) is 35.9 Å². The number of rotatable bonds is 7. The highest BCUT2D eigenvalue weighted by atomic mass is 35.5. The molecule has 0 aromatic heterocycles. The summed E-state index contributed by atoms with van der Waals surface area (Å²) in [7, 11) is 0. The molecule has 0 radical (unpaired) electrons. The van der Waals surface area contributed by atoms with E-state index in [1.807, 2.05) is 12.1 Å². The standard InChI is InChI=1S/C34H49ClO2/c1-22(2)9-8-10-23(3)28-15-16-29-26-14-13-24-21-25(37-32(36)27-11-6-7-12-31(27)35)17-19-33(24,4)30(26)18-20-34(28,29)5/h6-7,11-13,22-23,25-26,28-30H,8-10,14-21H2,1-5H3/t23-,25-,26-,28+,29-,30-,33-,34+/m0/s1. The SMILES string of the molecule is CC(C)CCC[C@H](C)[C@H]1CC[C@H]2[C@@H]3CC=C4C[C@@H](OC(=O)c5ccccc5Cl)CC[C@]4(C)[C@H]3CC[C@]12C. The Morgan fingerprint density at radius 3 is 2.57 bits per heavy atom. The van der Waals surface area contributed by atoms with Crippen molar-refractivity contribution in [3.8, 4) is 0 Å². The molecular weight excluding hydrogens is 476 g/mol. The van der Waals surface area contributed by atoms with Crippen molar-refractivity contribution in [2.75, 3.05) is 0 Å².